The van der Waals surface area contributed by atoms with Crippen LogP contribution in [0.1, 0.15) is 25.7 Å². The molecule has 2 radical (unpaired) electrons. The zero-order valence-corrected chi connectivity index (χ0v) is 20.0. The molecule has 0 saturated heterocycles. The molecule has 0 bridgehead atoms. The first-order valence-electron chi connectivity index (χ1n) is 6.34. The van der Waals surface area contributed by atoms with E-state index in [-0.39, 0.29) is 45.3 Å². The Hall–Kier alpha value is 0.849. The minimum Gasteiger partial charge on any atom is -0.103 e. The van der Waals surface area contributed by atoms with Gasteiger partial charge in [-0.1, -0.05) is 63.3 Å². The quantitative estimate of drug-likeness (QED) is 0.261. The maximum atomic E-state index is 3.67. The molecule has 0 heterocycles. The summed E-state index contributed by atoms with van der Waals surface area (Å²) in [6, 6.07) is 2.88. The molecule has 17 heavy (non-hydrogen) atoms. The van der Waals surface area contributed by atoms with E-state index in [9.17, 15) is 0 Å². The summed E-state index contributed by atoms with van der Waals surface area (Å²) in [4.78, 5) is 0. The molecule has 0 aromatic carbocycles. The second-order valence-electron chi connectivity index (χ2n) is 4.78. The van der Waals surface area contributed by atoms with Crippen molar-refractivity contribution in [1.82, 2.24) is 0 Å². The van der Waals surface area contributed by atoms with Gasteiger partial charge >= 0.3 is 0 Å². The van der Waals surface area contributed by atoms with Crippen LogP contribution in [-0.2, 0) is 27.7 Å². The molecule has 0 rings (SSSR count). The third-order valence-corrected chi connectivity index (χ3v) is 4.88. The number of rotatable bonds is 8. The van der Waals surface area contributed by atoms with Crippen LogP contribution in [0.2, 0.25) is 38.3 Å². The Bertz CT molecular complexity index is 138. The van der Waals surface area contributed by atoms with Crippen LogP contribution in [0.4, 0.5) is 0 Å². The number of hydrogen-bond donors (Lipinski definition) is 0. The fraction of sp³-hybridized carbons (Fsp3) is 0.714. The predicted molar refractivity (Wildman–Crippen MR) is 83.4 cm³/mol. The molecular weight excluding hydrogens is 425 g/mol. The van der Waals surface area contributed by atoms with E-state index in [1.165, 1.54) is 37.8 Å². The fourth-order valence-corrected chi connectivity index (χ4v) is 3.02. The van der Waals surface area contributed by atoms with Gasteiger partial charge in [-0.2, -0.15) is 0 Å². The van der Waals surface area contributed by atoms with Gasteiger partial charge in [-0.05, 0) is 12.8 Å². The summed E-state index contributed by atoms with van der Waals surface area (Å²) in [5, 5.41) is 0. The molecule has 0 aromatic heterocycles. The van der Waals surface area contributed by atoms with Crippen molar-refractivity contribution in [3.8, 4) is 0 Å². The SMILES string of the molecule is C=CCCC[Si](C)C.C=CCCC[Si](C)C.[Hg]. The van der Waals surface area contributed by atoms with Gasteiger partial charge in [-0.15, -0.1) is 13.2 Å². The van der Waals surface area contributed by atoms with Gasteiger partial charge in [-0.3, -0.25) is 0 Å². The van der Waals surface area contributed by atoms with Gasteiger partial charge < -0.3 is 0 Å². The monoisotopic (exact) mass is 456 g/mol. The van der Waals surface area contributed by atoms with Crippen LogP contribution in [0, 0.1) is 0 Å². The molecule has 0 aliphatic heterocycles. The second kappa shape index (κ2) is 19.2. The zero-order chi connectivity index (χ0) is 12.8. The van der Waals surface area contributed by atoms with E-state index in [1.807, 2.05) is 12.2 Å². The van der Waals surface area contributed by atoms with Crippen LogP contribution in [-0.4, -0.2) is 17.6 Å². The van der Waals surface area contributed by atoms with Gasteiger partial charge in [-0.25, -0.2) is 0 Å². The summed E-state index contributed by atoms with van der Waals surface area (Å²) >= 11 is 0. The van der Waals surface area contributed by atoms with Crippen LogP contribution in [0.25, 0.3) is 0 Å². The molecule has 0 unspecified atom stereocenters. The Morgan fingerprint density at radius 1 is 0.765 bits per heavy atom. The summed E-state index contributed by atoms with van der Waals surface area (Å²) in [6.45, 7) is 16.8. The number of hydrogen-bond acceptors (Lipinski definition) is 0. The van der Waals surface area contributed by atoms with Crippen LogP contribution >= 0.6 is 0 Å². The maximum Gasteiger partial charge on any atom is 0.0413 e. The Labute approximate surface area is 134 Å². The molecule has 0 saturated carbocycles. The van der Waals surface area contributed by atoms with Gasteiger partial charge in [0.25, 0.3) is 0 Å². The van der Waals surface area contributed by atoms with Gasteiger partial charge in [0, 0.05) is 45.3 Å². The normalized spacial score (nSPS) is 9.29. The standard InChI is InChI=1S/2C7H15Si.Hg/c2*1-4-5-6-7-8(2)3;/h2*4H,1,5-7H2,2-3H3;. The first-order valence-corrected chi connectivity index (χ1v) is 11.8. The molecule has 0 atom stereocenters. The van der Waals surface area contributed by atoms with E-state index in [2.05, 4.69) is 39.3 Å². The van der Waals surface area contributed by atoms with E-state index in [0.717, 1.165) is 0 Å². The molecule has 0 fully saturated rings. The van der Waals surface area contributed by atoms with E-state index in [1.54, 1.807) is 0 Å². The summed E-state index contributed by atoms with van der Waals surface area (Å²) in [5.41, 5.74) is 0. The van der Waals surface area contributed by atoms with E-state index in [4.69, 9.17) is 0 Å². The van der Waals surface area contributed by atoms with Gasteiger partial charge in [0.2, 0.25) is 0 Å². The van der Waals surface area contributed by atoms with Crippen molar-refractivity contribution >= 4 is 17.6 Å². The van der Waals surface area contributed by atoms with Crippen LogP contribution in [0.3, 0.4) is 0 Å². The third kappa shape index (κ3) is 31.6. The molecule has 0 nitrogen and oxygen atoms in total. The summed E-state index contributed by atoms with van der Waals surface area (Å²) in [6.07, 6.45) is 9.12. The number of unbranched alkanes of at least 4 members (excludes halogenated alkanes) is 2. The van der Waals surface area contributed by atoms with Crippen molar-refractivity contribution in [2.75, 3.05) is 0 Å². The van der Waals surface area contributed by atoms with Crippen LogP contribution in [0.15, 0.2) is 25.3 Å². The minimum absolute atomic E-state index is 0. The van der Waals surface area contributed by atoms with Crippen molar-refractivity contribution in [1.29, 1.82) is 0 Å². The van der Waals surface area contributed by atoms with E-state index >= 15 is 0 Å². The summed E-state index contributed by atoms with van der Waals surface area (Å²) in [5.74, 6) is 0. The first-order chi connectivity index (χ1) is 7.54. The molecule has 96 valence electrons. The smallest absolute Gasteiger partial charge is 0.0413 e. The predicted octanol–water partition coefficient (Wildman–Crippen LogP) is 5.41. The van der Waals surface area contributed by atoms with Gasteiger partial charge in [0.1, 0.15) is 0 Å². The summed E-state index contributed by atoms with van der Waals surface area (Å²) < 4.78 is 0. The van der Waals surface area contributed by atoms with Crippen molar-refractivity contribution < 1.29 is 27.7 Å². The Balaban J connectivity index is -0.000000218. The molecule has 0 N–H and O–H groups in total. The average molecular weight is 455 g/mol. The second-order valence-corrected chi connectivity index (χ2v) is 10.6. The zero-order valence-electron chi connectivity index (χ0n) is 12.5. The van der Waals surface area contributed by atoms with E-state index < -0.39 is 0 Å². The Kier molecular flexibility index (Phi) is 25.9. The largest absolute Gasteiger partial charge is 0.103 e. The average Bonchev–Trinajstić information content (AvgIpc) is 2.18. The van der Waals surface area contributed by atoms with Crippen LogP contribution < -0.4 is 0 Å². The van der Waals surface area contributed by atoms with Crippen molar-refractivity contribution in [3.05, 3.63) is 25.3 Å². The third-order valence-electron chi connectivity index (χ3n) is 2.17. The molecule has 0 aliphatic rings. The first kappa shape index (κ1) is 23.0. The van der Waals surface area contributed by atoms with Gasteiger partial charge in [0.05, 0.1) is 0 Å². The van der Waals surface area contributed by atoms with Crippen LogP contribution in [0.5, 0.6) is 0 Å². The molecule has 0 aromatic rings. The molecule has 0 aliphatic carbocycles. The minimum atomic E-state index is 0. The number of allylic oxidation sites excluding steroid dienone is 2. The Morgan fingerprint density at radius 3 is 1.24 bits per heavy atom. The van der Waals surface area contributed by atoms with Crippen molar-refractivity contribution in [3.63, 3.8) is 0 Å². The van der Waals surface area contributed by atoms with Crippen molar-refractivity contribution in [2.24, 2.45) is 0 Å². The Morgan fingerprint density at radius 2 is 1.06 bits per heavy atom. The molecular formula is C14H30HgSi2. The van der Waals surface area contributed by atoms with Gasteiger partial charge in [0.15, 0.2) is 0 Å². The van der Waals surface area contributed by atoms with E-state index in [0.29, 0.717) is 0 Å². The summed E-state index contributed by atoms with van der Waals surface area (Å²) in [7, 11) is 0.0903. The molecule has 3 heteroatoms. The topological polar surface area (TPSA) is 0 Å². The maximum absolute atomic E-state index is 3.67. The molecule has 0 amide bonds. The molecule has 0 spiro atoms. The van der Waals surface area contributed by atoms with Crippen molar-refractivity contribution in [2.45, 2.75) is 64.0 Å². The fourth-order valence-electron chi connectivity index (χ4n) is 1.20.